The van der Waals surface area contributed by atoms with Crippen LogP contribution in [0.25, 0.3) is 0 Å². The Bertz CT molecular complexity index is 1480. The lowest BCUT2D eigenvalue weighted by Crippen LogP contribution is -2.65. The van der Waals surface area contributed by atoms with Crippen LogP contribution in [0.1, 0.15) is 138 Å². The van der Waals surface area contributed by atoms with Crippen molar-refractivity contribution in [2.75, 3.05) is 25.4 Å². The van der Waals surface area contributed by atoms with E-state index in [9.17, 15) is 32.4 Å². The SMILES string of the molecule is CCCC[C@H](NC(=O)[C@@H]1[C@@H]2[C@H](CN1C(=O)[C@@H](NC(=O)NC1(CS(=O)(=O)N(CC)CC)CCCCC1)C1(C)CCCCC1)C2(C)C)C(=O)C(=O)NC1CC1. The number of rotatable bonds is 17. The molecule has 1 aliphatic heterocycles. The Balaban J connectivity index is 1.39. The van der Waals surface area contributed by atoms with Gasteiger partial charge in [0.2, 0.25) is 27.6 Å². The molecular weight excluding hydrogens is 697 g/mol. The quantitative estimate of drug-likeness (QED) is 0.162. The molecule has 1 heterocycles. The molecule has 4 N–H and O–H groups in total. The van der Waals surface area contributed by atoms with Crippen LogP contribution in [0.15, 0.2) is 0 Å². The van der Waals surface area contributed by atoms with E-state index in [1.165, 1.54) is 4.31 Å². The molecular formula is C39H66N6O7S. The number of hydrogen-bond donors (Lipinski definition) is 4. The number of nitrogens with zero attached hydrogens (tertiary/aromatic N) is 2. The molecule has 0 aromatic rings. The zero-order chi connectivity index (χ0) is 38.8. The van der Waals surface area contributed by atoms with Gasteiger partial charge in [-0.1, -0.05) is 92.9 Å². The number of nitrogens with one attached hydrogen (secondary N) is 4. The third kappa shape index (κ3) is 9.22. The highest BCUT2D eigenvalue weighted by Crippen LogP contribution is 2.65. The molecule has 300 valence electrons. The first-order valence-corrected chi connectivity index (χ1v) is 22.2. The molecule has 0 aromatic carbocycles. The Morgan fingerprint density at radius 3 is 2.02 bits per heavy atom. The second-order valence-electron chi connectivity index (χ2n) is 17.6. The summed E-state index contributed by atoms with van der Waals surface area (Å²) >= 11 is 0. The van der Waals surface area contributed by atoms with E-state index >= 15 is 0 Å². The number of carbonyl (C=O) groups is 5. The van der Waals surface area contributed by atoms with E-state index in [-0.39, 0.29) is 35.0 Å². The standard InChI is InChI=1S/C39H66N6O7S/c1-7-10-17-28(31(46)34(48)40-26-18-19-26)41-33(47)30-29-27(37(29,4)5)24-45(30)35(49)32(38(6)20-13-11-14-21-38)42-36(50)43-39(22-15-12-16-23-39)25-53(51,52)44(8-2)9-3/h26-30,32H,7-25H2,1-6H3,(H,40,48)(H,41,47)(H2,42,43,50)/t27-,28-,29-,30-,32+/m0/s1. The van der Waals surface area contributed by atoms with Crippen LogP contribution < -0.4 is 21.3 Å². The molecule has 13 nitrogen and oxygen atoms in total. The molecule has 0 spiro atoms. The summed E-state index contributed by atoms with van der Waals surface area (Å²) in [6.45, 7) is 12.9. The predicted molar refractivity (Wildman–Crippen MR) is 203 cm³/mol. The summed E-state index contributed by atoms with van der Waals surface area (Å²) in [5, 5.41) is 11.8. The van der Waals surface area contributed by atoms with Crippen molar-refractivity contribution in [2.45, 2.75) is 168 Å². The number of hydrogen-bond acceptors (Lipinski definition) is 7. The predicted octanol–water partition coefficient (Wildman–Crippen LogP) is 4.00. The number of carbonyl (C=O) groups excluding carboxylic acids is 5. The molecule has 5 fully saturated rings. The van der Waals surface area contributed by atoms with Gasteiger partial charge in [0.15, 0.2) is 0 Å². The molecule has 0 aromatic heterocycles. The maximum Gasteiger partial charge on any atom is 0.315 e. The normalized spacial score (nSPS) is 26.8. The number of piperidine rings is 1. The Kier molecular flexibility index (Phi) is 12.9. The van der Waals surface area contributed by atoms with Crippen molar-refractivity contribution in [1.29, 1.82) is 0 Å². The smallest absolute Gasteiger partial charge is 0.315 e. The van der Waals surface area contributed by atoms with Crippen molar-refractivity contribution in [3.63, 3.8) is 0 Å². The molecule has 14 heteroatoms. The number of Topliss-reactive ketones (excluding diaryl/α,β-unsaturated/α-hetero) is 1. The van der Waals surface area contributed by atoms with Crippen LogP contribution in [-0.2, 0) is 29.2 Å². The molecule has 5 rings (SSSR count). The van der Waals surface area contributed by atoms with Gasteiger partial charge in [0, 0.05) is 25.7 Å². The zero-order valence-electron chi connectivity index (χ0n) is 33.1. The van der Waals surface area contributed by atoms with Crippen molar-refractivity contribution in [2.24, 2.45) is 22.7 Å². The number of urea groups is 1. The van der Waals surface area contributed by atoms with E-state index in [1.807, 2.05) is 27.7 Å². The summed E-state index contributed by atoms with van der Waals surface area (Å²) in [5.41, 5.74) is -1.73. The lowest BCUT2D eigenvalue weighted by atomic mass is 9.70. The first-order valence-electron chi connectivity index (χ1n) is 20.5. The third-order valence-electron chi connectivity index (χ3n) is 13.3. The molecule has 0 unspecified atom stereocenters. The maximum absolute atomic E-state index is 14.9. The maximum atomic E-state index is 14.9. The van der Waals surface area contributed by atoms with Crippen molar-refractivity contribution in [1.82, 2.24) is 30.5 Å². The fourth-order valence-corrected chi connectivity index (χ4v) is 11.8. The third-order valence-corrected chi connectivity index (χ3v) is 15.6. The van der Waals surface area contributed by atoms with Gasteiger partial charge in [0.25, 0.3) is 5.91 Å². The number of amides is 5. The number of sulfonamides is 1. The number of likely N-dealkylation sites (tertiary alicyclic amines) is 1. The van der Waals surface area contributed by atoms with Crippen LogP contribution in [-0.4, -0.2) is 102 Å². The van der Waals surface area contributed by atoms with Crippen molar-refractivity contribution in [3.05, 3.63) is 0 Å². The summed E-state index contributed by atoms with van der Waals surface area (Å²) in [6.07, 6.45) is 11.3. The summed E-state index contributed by atoms with van der Waals surface area (Å²) in [4.78, 5) is 71.1. The van der Waals surface area contributed by atoms with Gasteiger partial charge >= 0.3 is 6.03 Å². The van der Waals surface area contributed by atoms with Gasteiger partial charge in [-0.3, -0.25) is 19.2 Å². The molecule has 4 aliphatic carbocycles. The molecule has 5 aliphatic rings. The van der Waals surface area contributed by atoms with Crippen LogP contribution in [0.4, 0.5) is 4.79 Å². The first kappa shape index (κ1) is 41.4. The van der Waals surface area contributed by atoms with Crippen molar-refractivity contribution < 1.29 is 32.4 Å². The van der Waals surface area contributed by atoms with Gasteiger partial charge in [-0.05, 0) is 67.6 Å². The summed E-state index contributed by atoms with van der Waals surface area (Å²) in [6, 6.07) is -3.35. The second-order valence-corrected chi connectivity index (χ2v) is 19.6. The van der Waals surface area contributed by atoms with E-state index in [1.54, 1.807) is 4.90 Å². The molecule has 0 bridgehead atoms. The van der Waals surface area contributed by atoms with E-state index in [4.69, 9.17) is 0 Å². The fraction of sp³-hybridized carbons (Fsp3) is 0.872. The Hall–Kier alpha value is -2.74. The topological polar surface area (TPSA) is 174 Å². The van der Waals surface area contributed by atoms with Gasteiger partial charge in [-0.15, -0.1) is 0 Å². The average molecular weight is 763 g/mol. The monoisotopic (exact) mass is 762 g/mol. The lowest BCUT2D eigenvalue weighted by Gasteiger charge is -2.44. The van der Waals surface area contributed by atoms with Crippen LogP contribution in [0.5, 0.6) is 0 Å². The molecule has 53 heavy (non-hydrogen) atoms. The highest BCUT2D eigenvalue weighted by Gasteiger charge is 2.70. The Labute approximate surface area is 317 Å². The highest BCUT2D eigenvalue weighted by atomic mass is 32.2. The molecule has 5 amide bonds. The zero-order valence-corrected chi connectivity index (χ0v) is 33.9. The Morgan fingerprint density at radius 1 is 0.849 bits per heavy atom. The van der Waals surface area contributed by atoms with Crippen LogP contribution >= 0.6 is 0 Å². The minimum Gasteiger partial charge on any atom is -0.347 e. The Morgan fingerprint density at radius 2 is 1.45 bits per heavy atom. The molecule has 0 radical (unpaired) electrons. The van der Waals surface area contributed by atoms with Crippen molar-refractivity contribution in [3.8, 4) is 0 Å². The van der Waals surface area contributed by atoms with Crippen molar-refractivity contribution >= 4 is 39.6 Å². The average Bonchev–Trinajstić information content (AvgIpc) is 3.96. The number of unbranched alkanes of at least 4 members (excludes halogenated alkanes) is 1. The molecule has 5 atom stereocenters. The van der Waals surface area contributed by atoms with E-state index in [0.29, 0.717) is 45.3 Å². The van der Waals surface area contributed by atoms with Gasteiger partial charge in [0.1, 0.15) is 12.1 Å². The number of fused-ring (bicyclic) bond motifs is 1. The van der Waals surface area contributed by atoms with E-state index < -0.39 is 62.7 Å². The first-order chi connectivity index (χ1) is 25.0. The second kappa shape index (κ2) is 16.5. The largest absolute Gasteiger partial charge is 0.347 e. The molecule has 4 saturated carbocycles. The summed E-state index contributed by atoms with van der Waals surface area (Å²) in [7, 11) is -3.65. The van der Waals surface area contributed by atoms with E-state index in [2.05, 4.69) is 35.1 Å². The summed E-state index contributed by atoms with van der Waals surface area (Å²) in [5.74, 6) is -2.36. The number of ketones is 1. The van der Waals surface area contributed by atoms with Crippen LogP contribution in [0.3, 0.4) is 0 Å². The van der Waals surface area contributed by atoms with Gasteiger partial charge in [-0.2, -0.15) is 0 Å². The molecule has 1 saturated heterocycles. The van der Waals surface area contributed by atoms with E-state index in [0.717, 1.165) is 70.6 Å². The van der Waals surface area contributed by atoms with Crippen LogP contribution in [0.2, 0.25) is 0 Å². The highest BCUT2D eigenvalue weighted by molar-refractivity contribution is 7.89. The summed E-state index contributed by atoms with van der Waals surface area (Å²) < 4.78 is 28.5. The minimum atomic E-state index is -3.65. The van der Waals surface area contributed by atoms with Gasteiger partial charge < -0.3 is 26.2 Å². The van der Waals surface area contributed by atoms with Gasteiger partial charge in [0.05, 0.1) is 17.3 Å². The lowest BCUT2D eigenvalue weighted by molar-refractivity contribution is -0.146. The van der Waals surface area contributed by atoms with Gasteiger partial charge in [-0.25, -0.2) is 17.5 Å². The minimum absolute atomic E-state index is 0.00694. The fourth-order valence-electron chi connectivity index (χ4n) is 9.74. The van der Waals surface area contributed by atoms with Crippen LogP contribution in [0, 0.1) is 22.7 Å².